The van der Waals surface area contributed by atoms with Gasteiger partial charge in [0.2, 0.25) is 0 Å². The van der Waals surface area contributed by atoms with Gasteiger partial charge >= 0.3 is 0 Å². The van der Waals surface area contributed by atoms with Crippen LogP contribution in [0.3, 0.4) is 0 Å². The van der Waals surface area contributed by atoms with Crippen molar-refractivity contribution in [1.29, 1.82) is 0 Å². The molecule has 1 aliphatic rings. The highest BCUT2D eigenvalue weighted by Gasteiger charge is 2.35. The van der Waals surface area contributed by atoms with E-state index in [1.165, 1.54) is 5.56 Å². The van der Waals surface area contributed by atoms with Crippen LogP contribution in [0.25, 0.3) is 0 Å². The molecule has 2 aromatic carbocycles. The van der Waals surface area contributed by atoms with Crippen LogP contribution in [-0.4, -0.2) is 38.9 Å². The fourth-order valence-corrected chi connectivity index (χ4v) is 3.63. The first-order chi connectivity index (χ1) is 13.7. The Labute approximate surface area is 167 Å². The monoisotopic (exact) mass is 383 g/mol. The van der Waals surface area contributed by atoms with Gasteiger partial charge in [-0.15, -0.1) is 0 Å². The number of hydrogen-bond acceptors (Lipinski definition) is 4. The summed E-state index contributed by atoms with van der Waals surface area (Å²) in [7, 11) is 1.62. The molecular weight excluding hydrogens is 354 g/mol. The Balaban J connectivity index is 1.65. The molecule has 1 aliphatic heterocycles. The Hall–Kier alpha value is -2.53. The van der Waals surface area contributed by atoms with E-state index in [0.717, 1.165) is 18.6 Å². The van der Waals surface area contributed by atoms with Crippen molar-refractivity contribution in [3.8, 4) is 11.5 Å². The van der Waals surface area contributed by atoms with Gasteiger partial charge in [0.1, 0.15) is 11.5 Å². The van der Waals surface area contributed by atoms with Gasteiger partial charge in [-0.25, -0.2) is 0 Å². The van der Waals surface area contributed by atoms with E-state index >= 15 is 0 Å². The minimum Gasteiger partial charge on any atom is -0.497 e. The van der Waals surface area contributed by atoms with Crippen LogP contribution in [0.2, 0.25) is 0 Å². The molecule has 0 radical (unpaired) electrons. The van der Waals surface area contributed by atoms with Crippen LogP contribution in [0.15, 0.2) is 54.6 Å². The summed E-state index contributed by atoms with van der Waals surface area (Å²) in [4.78, 5) is 12.8. The molecule has 1 atom stereocenters. The zero-order valence-corrected chi connectivity index (χ0v) is 16.6. The predicted octanol–water partition coefficient (Wildman–Crippen LogP) is 3.72. The fraction of sp³-hybridized carbons (Fsp3) is 0.435. The van der Waals surface area contributed by atoms with Crippen molar-refractivity contribution in [1.82, 2.24) is 5.32 Å². The molecule has 0 aromatic heterocycles. The van der Waals surface area contributed by atoms with Crippen LogP contribution >= 0.6 is 0 Å². The maximum absolute atomic E-state index is 12.8. The molecule has 1 heterocycles. The number of amides is 1. The van der Waals surface area contributed by atoms with Crippen LogP contribution < -0.4 is 14.8 Å². The van der Waals surface area contributed by atoms with E-state index in [1.54, 1.807) is 7.11 Å². The number of hydrogen-bond donors (Lipinski definition) is 1. The van der Waals surface area contributed by atoms with Gasteiger partial charge in [-0.2, -0.15) is 0 Å². The molecule has 28 heavy (non-hydrogen) atoms. The molecule has 1 fully saturated rings. The third-order valence-electron chi connectivity index (χ3n) is 5.44. The maximum atomic E-state index is 12.8. The maximum Gasteiger partial charge on any atom is 0.261 e. The number of ether oxygens (including phenoxy) is 3. The lowest BCUT2D eigenvalue weighted by Gasteiger charge is -2.38. The molecule has 1 saturated heterocycles. The summed E-state index contributed by atoms with van der Waals surface area (Å²) in [5.41, 5.74) is 1.16. The van der Waals surface area contributed by atoms with E-state index in [4.69, 9.17) is 14.2 Å². The summed E-state index contributed by atoms with van der Waals surface area (Å²) >= 11 is 0. The van der Waals surface area contributed by atoms with Crippen LogP contribution in [0.5, 0.6) is 11.5 Å². The summed E-state index contributed by atoms with van der Waals surface area (Å²) in [5, 5.41) is 3.14. The lowest BCUT2D eigenvalue weighted by Crippen LogP contribution is -2.48. The lowest BCUT2D eigenvalue weighted by molar-refractivity contribution is -0.128. The van der Waals surface area contributed by atoms with Crippen LogP contribution in [0, 0.1) is 0 Å². The largest absolute Gasteiger partial charge is 0.497 e. The minimum absolute atomic E-state index is 0.0832. The molecule has 0 spiro atoms. The van der Waals surface area contributed by atoms with Gasteiger partial charge in [0.05, 0.1) is 7.11 Å². The first-order valence-corrected chi connectivity index (χ1v) is 9.88. The summed E-state index contributed by atoms with van der Waals surface area (Å²) in [6.07, 6.45) is 1.86. The molecule has 150 valence electrons. The quantitative estimate of drug-likeness (QED) is 0.755. The average molecular weight is 383 g/mol. The van der Waals surface area contributed by atoms with Gasteiger partial charge in [-0.1, -0.05) is 37.3 Å². The molecule has 1 N–H and O–H groups in total. The van der Waals surface area contributed by atoms with E-state index in [-0.39, 0.29) is 11.3 Å². The second kappa shape index (κ2) is 9.60. The number of carbonyl (C=O) groups is 1. The van der Waals surface area contributed by atoms with E-state index in [2.05, 4.69) is 29.6 Å². The highest BCUT2D eigenvalue weighted by atomic mass is 16.5. The SMILES string of the molecule is CC[C@H](Oc1ccc(OC)cc1)C(=O)NCC1(c2ccccc2)CCOCC1. The number of nitrogens with one attached hydrogen (secondary N) is 1. The first-order valence-electron chi connectivity index (χ1n) is 9.88. The molecular formula is C23H29NO4. The van der Waals surface area contributed by atoms with Crippen molar-refractivity contribution in [2.24, 2.45) is 0 Å². The molecule has 0 saturated carbocycles. The van der Waals surface area contributed by atoms with Gasteiger partial charge < -0.3 is 19.5 Å². The molecule has 0 bridgehead atoms. The normalized spacial score (nSPS) is 16.8. The van der Waals surface area contributed by atoms with Crippen LogP contribution in [0.4, 0.5) is 0 Å². The first kappa shape index (κ1) is 20.2. The number of benzene rings is 2. The van der Waals surface area contributed by atoms with E-state index in [9.17, 15) is 4.79 Å². The Kier molecular flexibility index (Phi) is 6.93. The summed E-state index contributed by atoms with van der Waals surface area (Å²) < 4.78 is 16.6. The van der Waals surface area contributed by atoms with Gasteiger partial charge in [-0.3, -0.25) is 4.79 Å². The van der Waals surface area contributed by atoms with E-state index in [1.807, 2.05) is 37.3 Å². The Morgan fingerprint density at radius 1 is 1.07 bits per heavy atom. The Morgan fingerprint density at radius 3 is 2.32 bits per heavy atom. The van der Waals surface area contributed by atoms with Crippen molar-refractivity contribution >= 4 is 5.91 Å². The zero-order chi connectivity index (χ0) is 19.8. The highest BCUT2D eigenvalue weighted by molar-refractivity contribution is 5.81. The van der Waals surface area contributed by atoms with Crippen molar-refractivity contribution in [3.63, 3.8) is 0 Å². The molecule has 0 aliphatic carbocycles. The fourth-order valence-electron chi connectivity index (χ4n) is 3.63. The van der Waals surface area contributed by atoms with Gasteiger partial charge in [0, 0.05) is 25.2 Å². The Morgan fingerprint density at radius 2 is 1.71 bits per heavy atom. The molecule has 0 unspecified atom stereocenters. The van der Waals surface area contributed by atoms with Crippen molar-refractivity contribution < 1.29 is 19.0 Å². The standard InChI is InChI=1S/C23H29NO4/c1-3-21(28-20-11-9-19(26-2)10-12-20)22(25)24-17-23(13-15-27-16-14-23)18-7-5-4-6-8-18/h4-12,21H,3,13-17H2,1-2H3,(H,24,25)/t21-/m0/s1. The second-order valence-corrected chi connectivity index (χ2v) is 7.17. The van der Waals surface area contributed by atoms with E-state index in [0.29, 0.717) is 31.9 Å². The lowest BCUT2D eigenvalue weighted by atomic mass is 9.74. The molecule has 5 heteroatoms. The molecule has 1 amide bonds. The van der Waals surface area contributed by atoms with Crippen molar-refractivity contribution in [3.05, 3.63) is 60.2 Å². The zero-order valence-electron chi connectivity index (χ0n) is 16.6. The van der Waals surface area contributed by atoms with Gasteiger partial charge in [0.15, 0.2) is 6.10 Å². The topological polar surface area (TPSA) is 56.8 Å². The second-order valence-electron chi connectivity index (χ2n) is 7.17. The smallest absolute Gasteiger partial charge is 0.261 e. The van der Waals surface area contributed by atoms with Gasteiger partial charge in [-0.05, 0) is 49.1 Å². The number of methoxy groups -OCH3 is 1. The Bertz CT molecular complexity index is 739. The summed E-state index contributed by atoms with van der Waals surface area (Å²) in [6.45, 7) is 3.96. The minimum atomic E-state index is -0.527. The average Bonchev–Trinajstić information content (AvgIpc) is 2.77. The van der Waals surface area contributed by atoms with Crippen molar-refractivity contribution in [2.45, 2.75) is 37.7 Å². The third kappa shape index (κ3) is 4.84. The third-order valence-corrected chi connectivity index (χ3v) is 5.44. The van der Waals surface area contributed by atoms with Crippen LogP contribution in [0.1, 0.15) is 31.7 Å². The van der Waals surface area contributed by atoms with Gasteiger partial charge in [0.25, 0.3) is 5.91 Å². The number of rotatable bonds is 8. The predicted molar refractivity (Wildman–Crippen MR) is 109 cm³/mol. The summed E-state index contributed by atoms with van der Waals surface area (Å²) in [5.74, 6) is 1.33. The highest BCUT2D eigenvalue weighted by Crippen LogP contribution is 2.34. The van der Waals surface area contributed by atoms with Crippen molar-refractivity contribution in [2.75, 3.05) is 26.9 Å². The van der Waals surface area contributed by atoms with E-state index < -0.39 is 6.10 Å². The number of carbonyl (C=O) groups excluding carboxylic acids is 1. The molecule has 2 aromatic rings. The molecule has 5 nitrogen and oxygen atoms in total. The van der Waals surface area contributed by atoms with Crippen LogP contribution in [-0.2, 0) is 14.9 Å². The summed E-state index contributed by atoms with van der Waals surface area (Å²) in [6, 6.07) is 17.7. The molecule has 3 rings (SSSR count).